The largest absolute Gasteiger partial charge is 0.381 e. The summed E-state index contributed by atoms with van der Waals surface area (Å²) >= 11 is 1.70. The first-order chi connectivity index (χ1) is 10.7. The molecular weight excluding hydrogens is 428 g/mol. The van der Waals surface area contributed by atoms with Crippen LogP contribution in [0.2, 0.25) is 0 Å². The Morgan fingerprint density at radius 3 is 2.78 bits per heavy atom. The van der Waals surface area contributed by atoms with Crippen molar-refractivity contribution in [3.05, 3.63) is 30.1 Å². The number of hydrogen-bond donors (Lipinski definition) is 1. The summed E-state index contributed by atoms with van der Waals surface area (Å²) in [6.45, 7) is 3.51. The van der Waals surface area contributed by atoms with Gasteiger partial charge in [-0.1, -0.05) is 0 Å². The number of aliphatic imine (C=N–C) groups is 1. The molecule has 1 fully saturated rings. The highest BCUT2D eigenvalue weighted by atomic mass is 127. The maximum Gasteiger partial charge on any atom is 0.193 e. The minimum absolute atomic E-state index is 0. The van der Waals surface area contributed by atoms with Crippen molar-refractivity contribution in [2.24, 2.45) is 10.9 Å². The van der Waals surface area contributed by atoms with Crippen LogP contribution < -0.4 is 5.32 Å². The van der Waals surface area contributed by atoms with Gasteiger partial charge in [0.25, 0.3) is 0 Å². The average Bonchev–Trinajstić information content (AvgIpc) is 3.02. The molecule has 0 bridgehead atoms. The van der Waals surface area contributed by atoms with Crippen molar-refractivity contribution in [1.82, 2.24) is 10.2 Å². The first-order valence-electron chi connectivity index (χ1n) is 7.57. The Hall–Kier alpha value is -0.540. The fraction of sp³-hybridized carbons (Fsp3) is 0.562. The average molecular weight is 453 g/mol. The molecule has 130 valence electrons. The zero-order chi connectivity index (χ0) is 15.8. The second kappa shape index (κ2) is 11.1. The Morgan fingerprint density at radius 1 is 1.43 bits per heavy atom. The van der Waals surface area contributed by atoms with Crippen LogP contribution in [0.25, 0.3) is 0 Å². The van der Waals surface area contributed by atoms with E-state index in [2.05, 4.69) is 22.3 Å². The van der Waals surface area contributed by atoms with Gasteiger partial charge in [0.2, 0.25) is 0 Å². The number of halogens is 2. The minimum atomic E-state index is -0.194. The second-order valence-corrected chi connectivity index (χ2v) is 6.55. The van der Waals surface area contributed by atoms with E-state index in [-0.39, 0.29) is 29.8 Å². The molecule has 0 aromatic heterocycles. The third kappa shape index (κ3) is 7.26. The number of thioether (sulfide) groups is 1. The Labute approximate surface area is 159 Å². The number of hydrogen-bond acceptors (Lipinski definition) is 3. The molecule has 0 amide bonds. The molecule has 23 heavy (non-hydrogen) atoms. The summed E-state index contributed by atoms with van der Waals surface area (Å²) in [5.41, 5.74) is 0. The van der Waals surface area contributed by atoms with Crippen molar-refractivity contribution in [2.75, 3.05) is 46.2 Å². The van der Waals surface area contributed by atoms with Crippen molar-refractivity contribution in [3.8, 4) is 0 Å². The van der Waals surface area contributed by atoms with E-state index in [1.807, 2.05) is 0 Å². The van der Waals surface area contributed by atoms with Crippen molar-refractivity contribution in [1.29, 1.82) is 0 Å². The van der Waals surface area contributed by atoms with Crippen LogP contribution in [0.1, 0.15) is 6.42 Å². The first kappa shape index (κ1) is 20.5. The molecule has 4 nitrogen and oxygen atoms in total. The number of rotatable bonds is 6. The fourth-order valence-electron chi connectivity index (χ4n) is 2.45. The lowest BCUT2D eigenvalue weighted by Crippen LogP contribution is -2.42. The van der Waals surface area contributed by atoms with E-state index in [9.17, 15) is 4.39 Å². The highest BCUT2D eigenvalue weighted by Crippen LogP contribution is 2.17. The lowest BCUT2D eigenvalue weighted by atomic mass is 10.1. The normalized spacial score (nSPS) is 17.7. The Balaban J connectivity index is 0.00000264. The van der Waals surface area contributed by atoms with Gasteiger partial charge in [-0.3, -0.25) is 4.99 Å². The molecule has 1 aromatic carbocycles. The lowest BCUT2D eigenvalue weighted by molar-refractivity contribution is 0.181. The monoisotopic (exact) mass is 453 g/mol. The van der Waals surface area contributed by atoms with Crippen LogP contribution >= 0.6 is 35.7 Å². The molecule has 0 spiro atoms. The minimum Gasteiger partial charge on any atom is -0.381 e. The molecule has 0 aliphatic carbocycles. The quantitative estimate of drug-likeness (QED) is 0.236. The number of nitrogens with zero attached hydrogens (tertiary/aromatic N) is 2. The van der Waals surface area contributed by atoms with E-state index in [1.165, 1.54) is 12.1 Å². The van der Waals surface area contributed by atoms with Crippen LogP contribution in [0, 0.1) is 11.7 Å². The molecule has 0 radical (unpaired) electrons. The van der Waals surface area contributed by atoms with Gasteiger partial charge in [-0.15, -0.1) is 35.7 Å². The van der Waals surface area contributed by atoms with E-state index in [4.69, 9.17) is 4.74 Å². The maximum atomic E-state index is 12.8. The summed E-state index contributed by atoms with van der Waals surface area (Å²) in [6.07, 6.45) is 1.13. The van der Waals surface area contributed by atoms with Gasteiger partial charge >= 0.3 is 0 Å². The smallest absolute Gasteiger partial charge is 0.193 e. The standard InChI is InChI=1S/C16H24FN3OS.HI/c1-18-16(20(2)11-13-7-9-21-12-13)19-8-10-22-15-5-3-14(17)4-6-15;/h3-6,13H,7-12H2,1-2H3,(H,18,19);1H. The first-order valence-corrected chi connectivity index (χ1v) is 8.55. The van der Waals surface area contributed by atoms with Crippen LogP contribution in [-0.4, -0.2) is 57.0 Å². The van der Waals surface area contributed by atoms with Gasteiger partial charge in [0.15, 0.2) is 5.96 Å². The van der Waals surface area contributed by atoms with E-state index in [0.717, 1.165) is 49.3 Å². The number of ether oxygens (including phenoxy) is 1. The summed E-state index contributed by atoms with van der Waals surface area (Å²) < 4.78 is 18.2. The van der Waals surface area contributed by atoms with Crippen molar-refractivity contribution >= 4 is 41.7 Å². The number of guanidine groups is 1. The van der Waals surface area contributed by atoms with Crippen LogP contribution in [0.3, 0.4) is 0 Å². The summed E-state index contributed by atoms with van der Waals surface area (Å²) in [6, 6.07) is 6.60. The molecule has 1 heterocycles. The van der Waals surface area contributed by atoms with Gasteiger partial charge in [0, 0.05) is 50.4 Å². The summed E-state index contributed by atoms with van der Waals surface area (Å²) in [5, 5.41) is 3.36. The zero-order valence-corrected chi connectivity index (χ0v) is 16.8. The van der Waals surface area contributed by atoms with E-state index < -0.39 is 0 Å². The highest BCUT2D eigenvalue weighted by Gasteiger charge is 2.18. The molecule has 1 aliphatic heterocycles. The molecule has 1 aliphatic rings. The molecule has 1 N–H and O–H groups in total. The third-order valence-electron chi connectivity index (χ3n) is 3.60. The predicted octanol–water partition coefficient (Wildman–Crippen LogP) is 3.08. The van der Waals surface area contributed by atoms with Crippen molar-refractivity contribution < 1.29 is 9.13 Å². The Morgan fingerprint density at radius 2 is 2.17 bits per heavy atom. The number of nitrogens with one attached hydrogen (secondary N) is 1. The summed E-state index contributed by atoms with van der Waals surface area (Å²) in [7, 11) is 3.86. The second-order valence-electron chi connectivity index (χ2n) is 5.39. The molecule has 1 aromatic rings. The summed E-state index contributed by atoms with van der Waals surface area (Å²) in [5.74, 6) is 2.22. The van der Waals surface area contributed by atoms with Crippen molar-refractivity contribution in [2.45, 2.75) is 11.3 Å². The van der Waals surface area contributed by atoms with Crippen LogP contribution in [-0.2, 0) is 4.74 Å². The zero-order valence-electron chi connectivity index (χ0n) is 13.6. The third-order valence-corrected chi connectivity index (χ3v) is 4.61. The van der Waals surface area contributed by atoms with Gasteiger partial charge in [0.05, 0.1) is 6.61 Å². The molecule has 7 heteroatoms. The predicted molar refractivity (Wildman–Crippen MR) is 105 cm³/mol. The number of benzene rings is 1. The molecule has 1 unspecified atom stereocenters. The van der Waals surface area contributed by atoms with Gasteiger partial charge in [-0.05, 0) is 30.7 Å². The molecule has 1 saturated heterocycles. The van der Waals surface area contributed by atoms with Gasteiger partial charge < -0.3 is 15.0 Å². The fourth-order valence-corrected chi connectivity index (χ4v) is 3.22. The van der Waals surface area contributed by atoms with Crippen LogP contribution in [0.5, 0.6) is 0 Å². The molecule has 1 atom stereocenters. The van der Waals surface area contributed by atoms with E-state index in [1.54, 1.807) is 30.9 Å². The van der Waals surface area contributed by atoms with Gasteiger partial charge in [0.1, 0.15) is 5.82 Å². The van der Waals surface area contributed by atoms with Crippen LogP contribution in [0.15, 0.2) is 34.2 Å². The van der Waals surface area contributed by atoms with Gasteiger partial charge in [-0.2, -0.15) is 0 Å². The van der Waals surface area contributed by atoms with Gasteiger partial charge in [-0.25, -0.2) is 4.39 Å². The van der Waals surface area contributed by atoms with Crippen molar-refractivity contribution in [3.63, 3.8) is 0 Å². The van der Waals surface area contributed by atoms with E-state index in [0.29, 0.717) is 5.92 Å². The maximum absolute atomic E-state index is 12.8. The Kier molecular flexibility index (Phi) is 9.89. The highest BCUT2D eigenvalue weighted by molar-refractivity contribution is 14.0. The lowest BCUT2D eigenvalue weighted by Gasteiger charge is -2.24. The summed E-state index contributed by atoms with van der Waals surface area (Å²) in [4.78, 5) is 7.55. The van der Waals surface area contributed by atoms with E-state index >= 15 is 0 Å². The molecule has 0 saturated carbocycles. The Bertz CT molecular complexity index is 481. The molecular formula is C16H25FIN3OS. The molecule has 2 rings (SSSR count). The van der Waals surface area contributed by atoms with Crippen LogP contribution in [0.4, 0.5) is 4.39 Å². The topological polar surface area (TPSA) is 36.9 Å². The SMILES string of the molecule is CN=C(NCCSc1ccc(F)cc1)N(C)CC1CCOC1.I.